The minimum Gasteiger partial charge on any atom is -0.496 e. The van der Waals surface area contributed by atoms with Gasteiger partial charge < -0.3 is 15.0 Å². The Morgan fingerprint density at radius 3 is 2.38 bits per heavy atom. The van der Waals surface area contributed by atoms with Crippen LogP contribution in [0.3, 0.4) is 0 Å². The molecule has 2 amide bonds. The summed E-state index contributed by atoms with van der Waals surface area (Å²) in [7, 11) is 1.56. The van der Waals surface area contributed by atoms with Gasteiger partial charge in [-0.3, -0.25) is 9.59 Å². The zero-order valence-electron chi connectivity index (χ0n) is 14.6. The largest absolute Gasteiger partial charge is 0.496 e. The second-order valence-electron chi connectivity index (χ2n) is 6.25. The van der Waals surface area contributed by atoms with E-state index in [1.807, 2.05) is 17.0 Å². The van der Waals surface area contributed by atoms with Crippen LogP contribution in [0.15, 0.2) is 48.5 Å². The maximum atomic E-state index is 12.7. The Balaban J connectivity index is 1.56. The van der Waals surface area contributed by atoms with E-state index < -0.39 is 0 Å². The number of ether oxygens (including phenoxy) is 1. The summed E-state index contributed by atoms with van der Waals surface area (Å²) in [6.45, 7) is 1.20. The zero-order chi connectivity index (χ0) is 18.5. The van der Waals surface area contributed by atoms with Crippen LogP contribution in [0, 0.1) is 0 Å². The number of carbonyl (C=O) groups excluding carboxylic acids is 2. The van der Waals surface area contributed by atoms with E-state index in [1.54, 1.807) is 43.5 Å². The van der Waals surface area contributed by atoms with Crippen molar-refractivity contribution in [1.29, 1.82) is 0 Å². The van der Waals surface area contributed by atoms with Crippen molar-refractivity contribution in [2.75, 3.05) is 20.2 Å². The Labute approximate surface area is 157 Å². The number of hydrogen-bond donors (Lipinski definition) is 1. The lowest BCUT2D eigenvalue weighted by molar-refractivity contribution is 0.0695. The van der Waals surface area contributed by atoms with Crippen molar-refractivity contribution < 1.29 is 14.3 Å². The number of nitrogens with one attached hydrogen (secondary N) is 1. The molecule has 0 spiro atoms. The lowest BCUT2D eigenvalue weighted by Gasteiger charge is -2.32. The molecule has 0 aromatic heterocycles. The van der Waals surface area contributed by atoms with Crippen LogP contribution in [0.25, 0.3) is 0 Å². The third kappa shape index (κ3) is 4.17. The SMILES string of the molecule is COc1ccccc1C(=O)N1CCC(NC(=O)c2ccc(Cl)cc2)CC1. The molecule has 3 rings (SSSR count). The van der Waals surface area contributed by atoms with Crippen LogP contribution >= 0.6 is 11.6 Å². The van der Waals surface area contributed by atoms with Crippen LogP contribution in [0.4, 0.5) is 0 Å². The quantitative estimate of drug-likeness (QED) is 0.895. The van der Waals surface area contributed by atoms with Gasteiger partial charge in [0.2, 0.25) is 0 Å². The van der Waals surface area contributed by atoms with Gasteiger partial charge in [-0.15, -0.1) is 0 Å². The van der Waals surface area contributed by atoms with E-state index in [4.69, 9.17) is 16.3 Å². The number of carbonyl (C=O) groups is 2. The molecule has 0 saturated carbocycles. The number of rotatable bonds is 4. The standard InChI is InChI=1S/C20H21ClN2O3/c1-26-18-5-3-2-4-17(18)20(25)23-12-10-16(11-13-23)22-19(24)14-6-8-15(21)9-7-14/h2-9,16H,10-13H2,1H3,(H,22,24). The van der Waals surface area contributed by atoms with E-state index in [9.17, 15) is 9.59 Å². The average Bonchev–Trinajstić information content (AvgIpc) is 2.68. The minimum absolute atomic E-state index is 0.0371. The molecule has 5 nitrogen and oxygen atoms in total. The first-order chi connectivity index (χ1) is 12.6. The van der Waals surface area contributed by atoms with Gasteiger partial charge >= 0.3 is 0 Å². The Bertz CT molecular complexity index is 784. The van der Waals surface area contributed by atoms with Gasteiger partial charge in [0.15, 0.2) is 0 Å². The number of nitrogens with zero attached hydrogens (tertiary/aromatic N) is 1. The number of piperidine rings is 1. The van der Waals surface area contributed by atoms with Crippen LogP contribution in [-0.4, -0.2) is 43.0 Å². The van der Waals surface area contributed by atoms with E-state index in [2.05, 4.69) is 5.32 Å². The highest BCUT2D eigenvalue weighted by atomic mass is 35.5. The van der Waals surface area contributed by atoms with Crippen molar-refractivity contribution >= 4 is 23.4 Å². The van der Waals surface area contributed by atoms with Gasteiger partial charge in [0.1, 0.15) is 5.75 Å². The predicted octanol–water partition coefficient (Wildman–Crippen LogP) is 3.38. The second kappa shape index (κ2) is 8.23. The van der Waals surface area contributed by atoms with E-state index in [0.717, 1.165) is 12.8 Å². The highest BCUT2D eigenvalue weighted by Gasteiger charge is 2.26. The maximum absolute atomic E-state index is 12.7. The summed E-state index contributed by atoms with van der Waals surface area (Å²) in [5.74, 6) is 0.428. The summed E-state index contributed by atoms with van der Waals surface area (Å²) in [6.07, 6.45) is 1.44. The van der Waals surface area contributed by atoms with Crippen LogP contribution in [0.5, 0.6) is 5.75 Å². The molecule has 1 fully saturated rings. The van der Waals surface area contributed by atoms with Crippen molar-refractivity contribution in [2.45, 2.75) is 18.9 Å². The summed E-state index contributed by atoms with van der Waals surface area (Å²) in [4.78, 5) is 26.8. The topological polar surface area (TPSA) is 58.6 Å². The molecule has 1 aliphatic heterocycles. The number of para-hydroxylation sites is 1. The highest BCUT2D eigenvalue weighted by molar-refractivity contribution is 6.30. The van der Waals surface area contributed by atoms with Gasteiger partial charge in [0.05, 0.1) is 12.7 Å². The van der Waals surface area contributed by atoms with E-state index in [-0.39, 0.29) is 17.9 Å². The Hall–Kier alpha value is -2.53. The van der Waals surface area contributed by atoms with Gasteiger partial charge in [-0.2, -0.15) is 0 Å². The van der Waals surface area contributed by atoms with Crippen LogP contribution < -0.4 is 10.1 Å². The zero-order valence-corrected chi connectivity index (χ0v) is 15.3. The molecule has 1 saturated heterocycles. The summed E-state index contributed by atoms with van der Waals surface area (Å²) >= 11 is 5.85. The van der Waals surface area contributed by atoms with E-state index >= 15 is 0 Å². The predicted molar refractivity (Wildman–Crippen MR) is 101 cm³/mol. The molecule has 2 aromatic rings. The van der Waals surface area contributed by atoms with E-state index in [1.165, 1.54) is 0 Å². The summed E-state index contributed by atoms with van der Waals surface area (Å²) < 4.78 is 5.27. The highest BCUT2D eigenvalue weighted by Crippen LogP contribution is 2.21. The third-order valence-corrected chi connectivity index (χ3v) is 4.81. The molecular formula is C20H21ClN2O3. The lowest BCUT2D eigenvalue weighted by Crippen LogP contribution is -2.46. The second-order valence-corrected chi connectivity index (χ2v) is 6.68. The molecule has 26 heavy (non-hydrogen) atoms. The maximum Gasteiger partial charge on any atom is 0.257 e. The Morgan fingerprint density at radius 2 is 1.73 bits per heavy atom. The van der Waals surface area contributed by atoms with Crippen LogP contribution in [0.2, 0.25) is 5.02 Å². The van der Waals surface area contributed by atoms with Gasteiger partial charge in [0, 0.05) is 29.7 Å². The normalized spacial score (nSPS) is 14.8. The fourth-order valence-corrected chi connectivity index (χ4v) is 3.21. The van der Waals surface area contributed by atoms with Crippen molar-refractivity contribution in [1.82, 2.24) is 10.2 Å². The number of amides is 2. The third-order valence-electron chi connectivity index (χ3n) is 4.56. The molecule has 0 radical (unpaired) electrons. The van der Waals surface area contributed by atoms with Gasteiger partial charge in [0.25, 0.3) is 11.8 Å². The molecule has 1 N–H and O–H groups in total. The van der Waals surface area contributed by atoms with Crippen LogP contribution in [0.1, 0.15) is 33.6 Å². The summed E-state index contributed by atoms with van der Waals surface area (Å²) in [5, 5.41) is 3.63. The Kier molecular flexibility index (Phi) is 5.78. The van der Waals surface area contributed by atoms with E-state index in [0.29, 0.717) is 35.0 Å². The number of likely N-dealkylation sites (tertiary alicyclic amines) is 1. The molecule has 0 aliphatic carbocycles. The van der Waals surface area contributed by atoms with Crippen molar-refractivity contribution in [3.05, 3.63) is 64.7 Å². The molecule has 0 atom stereocenters. The number of hydrogen-bond acceptors (Lipinski definition) is 3. The van der Waals surface area contributed by atoms with Gasteiger partial charge in [-0.1, -0.05) is 23.7 Å². The molecule has 6 heteroatoms. The molecule has 136 valence electrons. The monoisotopic (exact) mass is 372 g/mol. The first kappa shape index (κ1) is 18.3. The first-order valence-electron chi connectivity index (χ1n) is 8.57. The minimum atomic E-state index is -0.115. The van der Waals surface area contributed by atoms with Crippen molar-refractivity contribution in [2.24, 2.45) is 0 Å². The number of benzene rings is 2. The summed E-state index contributed by atoms with van der Waals surface area (Å²) in [5.41, 5.74) is 1.15. The summed E-state index contributed by atoms with van der Waals surface area (Å²) in [6, 6.07) is 14.1. The lowest BCUT2D eigenvalue weighted by atomic mass is 10.0. The molecule has 1 aliphatic rings. The first-order valence-corrected chi connectivity index (χ1v) is 8.95. The van der Waals surface area contributed by atoms with Crippen molar-refractivity contribution in [3.8, 4) is 5.75 Å². The molecule has 1 heterocycles. The van der Waals surface area contributed by atoms with Crippen LogP contribution in [-0.2, 0) is 0 Å². The van der Waals surface area contributed by atoms with Gasteiger partial charge in [-0.05, 0) is 49.2 Å². The Morgan fingerprint density at radius 1 is 1.08 bits per heavy atom. The van der Waals surface area contributed by atoms with Crippen molar-refractivity contribution in [3.63, 3.8) is 0 Å². The smallest absolute Gasteiger partial charge is 0.257 e. The average molecular weight is 373 g/mol. The number of methoxy groups -OCH3 is 1. The molecule has 2 aromatic carbocycles. The molecule has 0 unspecified atom stereocenters. The molecule has 0 bridgehead atoms. The fraction of sp³-hybridized carbons (Fsp3) is 0.300. The molecular weight excluding hydrogens is 352 g/mol. The fourth-order valence-electron chi connectivity index (χ4n) is 3.09. The number of halogens is 1. The van der Waals surface area contributed by atoms with Gasteiger partial charge in [-0.25, -0.2) is 0 Å².